The highest BCUT2D eigenvalue weighted by Crippen LogP contribution is 2.28. The zero-order valence-corrected chi connectivity index (χ0v) is 11.1. The van der Waals surface area contributed by atoms with Crippen LogP contribution in [0.3, 0.4) is 0 Å². The van der Waals surface area contributed by atoms with Gasteiger partial charge in [-0.05, 0) is 59.7 Å². The van der Waals surface area contributed by atoms with Crippen molar-refractivity contribution in [1.82, 2.24) is 5.32 Å². The van der Waals surface area contributed by atoms with E-state index in [1.165, 1.54) is 28.4 Å². The fraction of sp³-hybridized carbons (Fsp3) is 0.500. The molecule has 0 aromatic heterocycles. The van der Waals surface area contributed by atoms with E-state index in [1.54, 1.807) is 7.11 Å². The number of rotatable bonds is 2. The van der Waals surface area contributed by atoms with Crippen LogP contribution in [0.15, 0.2) is 18.2 Å². The van der Waals surface area contributed by atoms with E-state index in [9.17, 15) is 0 Å². The fourth-order valence-electron chi connectivity index (χ4n) is 2.04. The Kier molecular flexibility index (Phi) is 3.86. The number of hydrogen-bond acceptors (Lipinski definition) is 2. The minimum atomic E-state index is 0.540. The largest absolute Gasteiger partial charge is 0.496 e. The predicted octanol–water partition coefficient (Wildman–Crippen LogP) is 3.11. The molecule has 1 aromatic carbocycles. The normalized spacial score (nSPS) is 21.3. The van der Waals surface area contributed by atoms with Crippen LogP contribution in [0.5, 0.6) is 5.75 Å². The van der Waals surface area contributed by atoms with E-state index >= 15 is 0 Å². The van der Waals surface area contributed by atoms with Crippen molar-refractivity contribution in [3.8, 4) is 5.75 Å². The van der Waals surface area contributed by atoms with Crippen molar-refractivity contribution < 1.29 is 4.74 Å². The van der Waals surface area contributed by atoms with Crippen molar-refractivity contribution in [1.29, 1.82) is 0 Å². The average Bonchev–Trinajstić information content (AvgIpc) is 2.30. The Bertz CT molecular complexity index is 334. The zero-order valence-electron chi connectivity index (χ0n) is 8.92. The van der Waals surface area contributed by atoms with Crippen LogP contribution >= 0.6 is 22.6 Å². The van der Waals surface area contributed by atoms with Gasteiger partial charge in [-0.25, -0.2) is 0 Å². The molecule has 0 spiro atoms. The summed E-state index contributed by atoms with van der Waals surface area (Å²) in [5.41, 5.74) is 1.39. The second-order valence-corrected chi connectivity index (χ2v) is 5.06. The average molecular weight is 317 g/mol. The molecule has 0 amide bonds. The van der Waals surface area contributed by atoms with Gasteiger partial charge in [-0.1, -0.05) is 12.5 Å². The third kappa shape index (κ3) is 2.64. The van der Waals surface area contributed by atoms with Crippen LogP contribution in [-0.2, 0) is 0 Å². The molecule has 1 aliphatic rings. The molecular weight excluding hydrogens is 301 g/mol. The summed E-state index contributed by atoms with van der Waals surface area (Å²) in [6, 6.07) is 7.00. The van der Waals surface area contributed by atoms with Gasteiger partial charge in [0.1, 0.15) is 5.75 Å². The molecule has 0 aliphatic carbocycles. The number of methoxy groups -OCH3 is 1. The van der Waals surface area contributed by atoms with Crippen LogP contribution in [0.1, 0.15) is 30.9 Å². The second-order valence-electron chi connectivity index (χ2n) is 3.90. The molecule has 1 N–H and O–H groups in total. The van der Waals surface area contributed by atoms with Crippen LogP contribution in [-0.4, -0.2) is 13.7 Å². The summed E-state index contributed by atoms with van der Waals surface area (Å²) in [7, 11) is 1.72. The van der Waals surface area contributed by atoms with Gasteiger partial charge in [0.25, 0.3) is 0 Å². The van der Waals surface area contributed by atoms with Gasteiger partial charge in [-0.3, -0.25) is 0 Å². The molecule has 2 rings (SSSR count). The molecule has 1 aromatic rings. The van der Waals surface area contributed by atoms with Crippen molar-refractivity contribution in [2.75, 3.05) is 13.7 Å². The zero-order chi connectivity index (χ0) is 10.7. The molecule has 1 atom stereocenters. The molecule has 0 saturated carbocycles. The third-order valence-corrected chi connectivity index (χ3v) is 3.73. The standard InChI is InChI=1S/C12H16INO/c1-15-12-6-5-9(8-10(12)13)11-4-2-3-7-14-11/h5-6,8,11,14H,2-4,7H2,1H3. The topological polar surface area (TPSA) is 21.3 Å². The first-order valence-electron chi connectivity index (χ1n) is 5.38. The lowest BCUT2D eigenvalue weighted by Gasteiger charge is -2.24. The summed E-state index contributed by atoms with van der Waals surface area (Å²) in [5, 5.41) is 3.56. The summed E-state index contributed by atoms with van der Waals surface area (Å²) in [4.78, 5) is 0. The number of piperidine rings is 1. The lowest BCUT2D eigenvalue weighted by molar-refractivity contribution is 0.404. The maximum absolute atomic E-state index is 5.26. The Hall–Kier alpha value is -0.290. The smallest absolute Gasteiger partial charge is 0.132 e. The quantitative estimate of drug-likeness (QED) is 0.846. The van der Waals surface area contributed by atoms with Crippen LogP contribution < -0.4 is 10.1 Å². The predicted molar refractivity (Wildman–Crippen MR) is 70.3 cm³/mol. The fourth-order valence-corrected chi connectivity index (χ4v) is 2.80. The Morgan fingerprint density at radius 2 is 2.27 bits per heavy atom. The van der Waals surface area contributed by atoms with Gasteiger partial charge in [0.2, 0.25) is 0 Å². The summed E-state index contributed by atoms with van der Waals surface area (Å²) in [6.45, 7) is 1.15. The molecule has 1 saturated heterocycles. The molecule has 15 heavy (non-hydrogen) atoms. The monoisotopic (exact) mass is 317 g/mol. The van der Waals surface area contributed by atoms with Gasteiger partial charge in [-0.2, -0.15) is 0 Å². The molecule has 3 heteroatoms. The van der Waals surface area contributed by atoms with Gasteiger partial charge in [0.15, 0.2) is 0 Å². The number of nitrogens with one attached hydrogen (secondary N) is 1. The van der Waals surface area contributed by atoms with E-state index in [-0.39, 0.29) is 0 Å². The third-order valence-electron chi connectivity index (χ3n) is 2.89. The van der Waals surface area contributed by atoms with E-state index < -0.39 is 0 Å². The summed E-state index contributed by atoms with van der Waals surface area (Å²) >= 11 is 2.33. The summed E-state index contributed by atoms with van der Waals surface area (Å²) in [5.74, 6) is 0.968. The number of hydrogen-bond donors (Lipinski definition) is 1. The molecule has 1 unspecified atom stereocenters. The maximum atomic E-state index is 5.26. The lowest BCUT2D eigenvalue weighted by atomic mass is 9.98. The van der Waals surface area contributed by atoms with Crippen molar-refractivity contribution >= 4 is 22.6 Å². The lowest BCUT2D eigenvalue weighted by Crippen LogP contribution is -2.26. The Balaban J connectivity index is 2.17. The minimum Gasteiger partial charge on any atom is -0.496 e. The van der Waals surface area contributed by atoms with E-state index in [2.05, 4.69) is 46.1 Å². The molecule has 0 radical (unpaired) electrons. The highest BCUT2D eigenvalue weighted by Gasteiger charge is 2.15. The van der Waals surface area contributed by atoms with Crippen LogP contribution in [0.4, 0.5) is 0 Å². The number of ether oxygens (including phenoxy) is 1. The first-order chi connectivity index (χ1) is 7.31. The van der Waals surface area contributed by atoms with Crippen molar-refractivity contribution in [2.24, 2.45) is 0 Å². The molecule has 0 bridgehead atoms. The first kappa shape index (κ1) is 11.2. The van der Waals surface area contributed by atoms with Crippen LogP contribution in [0.2, 0.25) is 0 Å². The highest BCUT2D eigenvalue weighted by atomic mass is 127. The van der Waals surface area contributed by atoms with Gasteiger partial charge in [0, 0.05) is 6.04 Å². The maximum Gasteiger partial charge on any atom is 0.132 e. The van der Waals surface area contributed by atoms with Crippen molar-refractivity contribution in [3.05, 3.63) is 27.3 Å². The van der Waals surface area contributed by atoms with E-state index in [1.807, 2.05) is 0 Å². The Morgan fingerprint density at radius 1 is 1.40 bits per heavy atom. The van der Waals surface area contributed by atoms with Gasteiger partial charge < -0.3 is 10.1 Å². The molecular formula is C12H16INO. The van der Waals surface area contributed by atoms with E-state index in [0.717, 1.165) is 12.3 Å². The molecule has 2 nitrogen and oxygen atoms in total. The highest BCUT2D eigenvalue weighted by molar-refractivity contribution is 14.1. The minimum absolute atomic E-state index is 0.540. The molecule has 82 valence electrons. The first-order valence-corrected chi connectivity index (χ1v) is 6.46. The number of halogens is 1. The number of benzene rings is 1. The van der Waals surface area contributed by atoms with Gasteiger partial charge in [0.05, 0.1) is 10.7 Å². The van der Waals surface area contributed by atoms with Gasteiger partial charge in [-0.15, -0.1) is 0 Å². The van der Waals surface area contributed by atoms with Crippen molar-refractivity contribution in [3.63, 3.8) is 0 Å². The summed E-state index contributed by atoms with van der Waals surface area (Å²) in [6.07, 6.45) is 3.90. The van der Waals surface area contributed by atoms with Gasteiger partial charge >= 0.3 is 0 Å². The summed E-state index contributed by atoms with van der Waals surface area (Å²) < 4.78 is 6.45. The van der Waals surface area contributed by atoms with Crippen molar-refractivity contribution in [2.45, 2.75) is 25.3 Å². The Morgan fingerprint density at radius 3 is 2.87 bits per heavy atom. The molecule has 1 heterocycles. The van der Waals surface area contributed by atoms with E-state index in [0.29, 0.717) is 6.04 Å². The van der Waals surface area contributed by atoms with Crippen LogP contribution in [0, 0.1) is 3.57 Å². The SMILES string of the molecule is COc1ccc(C2CCCCN2)cc1I. The molecule has 1 aliphatic heterocycles. The van der Waals surface area contributed by atoms with Crippen LogP contribution in [0.25, 0.3) is 0 Å². The Labute approximate surface area is 105 Å². The molecule has 1 fully saturated rings. The second kappa shape index (κ2) is 5.16. The van der Waals surface area contributed by atoms with E-state index in [4.69, 9.17) is 4.74 Å².